The maximum Gasteiger partial charge on any atom is 0.220 e. The summed E-state index contributed by atoms with van der Waals surface area (Å²) in [6, 6.07) is 7.26. The first-order valence-corrected chi connectivity index (χ1v) is 7.31. The number of aromatic nitrogens is 1. The summed E-state index contributed by atoms with van der Waals surface area (Å²) in [5.41, 5.74) is 0.949. The second-order valence-corrected chi connectivity index (χ2v) is 5.42. The summed E-state index contributed by atoms with van der Waals surface area (Å²) in [6.07, 6.45) is 3.87. The number of hydrogen-bond acceptors (Lipinski definition) is 4. The summed E-state index contributed by atoms with van der Waals surface area (Å²) in [7, 11) is 0. The second-order valence-electron chi connectivity index (χ2n) is 4.48. The van der Waals surface area contributed by atoms with Crippen molar-refractivity contribution < 1.29 is 9.59 Å². The molecule has 104 valence electrons. The van der Waals surface area contributed by atoms with Gasteiger partial charge in [-0.1, -0.05) is 12.1 Å². The van der Waals surface area contributed by atoms with Crippen molar-refractivity contribution in [3.05, 3.63) is 52.5 Å². The zero-order valence-electron chi connectivity index (χ0n) is 11.2. The average Bonchev–Trinajstić information content (AvgIpc) is 3.00. The maximum absolute atomic E-state index is 11.8. The Labute approximate surface area is 121 Å². The summed E-state index contributed by atoms with van der Waals surface area (Å²) in [6.45, 7) is 1.90. The quantitative estimate of drug-likeness (QED) is 0.831. The normalized spacial score (nSPS) is 11.8. The Morgan fingerprint density at radius 1 is 1.30 bits per heavy atom. The van der Waals surface area contributed by atoms with Crippen LogP contribution in [0.4, 0.5) is 0 Å². The van der Waals surface area contributed by atoms with E-state index in [4.69, 9.17) is 0 Å². The highest BCUT2D eigenvalue weighted by Gasteiger charge is 2.12. The van der Waals surface area contributed by atoms with Crippen LogP contribution in [0.1, 0.15) is 41.0 Å². The second kappa shape index (κ2) is 6.96. The van der Waals surface area contributed by atoms with Crippen LogP contribution >= 0.6 is 11.3 Å². The van der Waals surface area contributed by atoms with E-state index in [0.717, 1.165) is 5.56 Å². The fourth-order valence-corrected chi connectivity index (χ4v) is 2.51. The van der Waals surface area contributed by atoms with Gasteiger partial charge in [0, 0.05) is 25.2 Å². The summed E-state index contributed by atoms with van der Waals surface area (Å²) in [4.78, 5) is 28.3. The van der Waals surface area contributed by atoms with E-state index in [0.29, 0.717) is 4.88 Å². The number of nitrogens with zero attached hydrogens (tertiary/aromatic N) is 1. The Morgan fingerprint density at radius 2 is 2.15 bits per heavy atom. The number of pyridine rings is 1. The van der Waals surface area contributed by atoms with Crippen molar-refractivity contribution in [2.75, 3.05) is 0 Å². The molecule has 2 aromatic heterocycles. The number of carbonyl (C=O) groups excluding carboxylic acids is 2. The lowest BCUT2D eigenvalue weighted by atomic mass is 10.1. The highest BCUT2D eigenvalue weighted by atomic mass is 32.1. The molecule has 0 spiro atoms. The predicted molar refractivity (Wildman–Crippen MR) is 78.7 cm³/mol. The van der Waals surface area contributed by atoms with Gasteiger partial charge in [0.2, 0.25) is 5.91 Å². The molecule has 0 saturated heterocycles. The predicted octanol–water partition coefficient (Wildman–Crippen LogP) is 2.98. The number of hydrogen-bond donors (Lipinski definition) is 1. The number of carbonyl (C=O) groups is 2. The van der Waals surface area contributed by atoms with Crippen LogP contribution < -0.4 is 5.32 Å². The first kappa shape index (κ1) is 14.4. The third-order valence-corrected chi connectivity index (χ3v) is 3.85. The lowest BCUT2D eigenvalue weighted by molar-refractivity contribution is -0.121. The van der Waals surface area contributed by atoms with Crippen LogP contribution in [0.3, 0.4) is 0 Å². The molecule has 0 aliphatic carbocycles. The molecule has 2 rings (SSSR count). The maximum atomic E-state index is 11.8. The summed E-state index contributed by atoms with van der Waals surface area (Å²) >= 11 is 1.40. The van der Waals surface area contributed by atoms with E-state index in [2.05, 4.69) is 10.3 Å². The van der Waals surface area contributed by atoms with E-state index in [1.807, 2.05) is 30.5 Å². The molecule has 4 nitrogen and oxygen atoms in total. The SMILES string of the molecule is CC(NC(=O)CCC(=O)c1cccs1)c1cccnc1. The third-order valence-electron chi connectivity index (χ3n) is 2.94. The number of nitrogens with one attached hydrogen (secondary N) is 1. The van der Waals surface area contributed by atoms with E-state index in [-0.39, 0.29) is 30.6 Å². The molecule has 2 heterocycles. The third kappa shape index (κ3) is 3.99. The number of ketones is 1. The summed E-state index contributed by atoms with van der Waals surface area (Å²) < 4.78 is 0. The van der Waals surface area contributed by atoms with Crippen molar-refractivity contribution in [1.82, 2.24) is 10.3 Å². The minimum atomic E-state index is -0.119. The van der Waals surface area contributed by atoms with Crippen LogP contribution in [0, 0.1) is 0 Å². The largest absolute Gasteiger partial charge is 0.350 e. The molecule has 0 saturated carbocycles. The van der Waals surface area contributed by atoms with Gasteiger partial charge in [-0.3, -0.25) is 14.6 Å². The molecular formula is C15H16N2O2S. The molecule has 0 aliphatic rings. The number of Topliss-reactive ketones (excluding diaryl/α,β-unsaturated/α-hetero) is 1. The Kier molecular flexibility index (Phi) is 5.01. The van der Waals surface area contributed by atoms with Gasteiger partial charge in [0.15, 0.2) is 5.78 Å². The van der Waals surface area contributed by atoms with E-state index in [1.165, 1.54) is 11.3 Å². The molecule has 1 N–H and O–H groups in total. The number of amides is 1. The van der Waals surface area contributed by atoms with Gasteiger partial charge < -0.3 is 5.32 Å². The van der Waals surface area contributed by atoms with Crippen molar-refractivity contribution in [2.45, 2.75) is 25.8 Å². The van der Waals surface area contributed by atoms with E-state index < -0.39 is 0 Å². The Bertz CT molecular complexity index is 567. The molecule has 1 amide bonds. The van der Waals surface area contributed by atoms with Crippen LogP contribution in [-0.4, -0.2) is 16.7 Å². The van der Waals surface area contributed by atoms with E-state index >= 15 is 0 Å². The molecule has 0 bridgehead atoms. The Morgan fingerprint density at radius 3 is 2.80 bits per heavy atom. The van der Waals surface area contributed by atoms with Gasteiger partial charge in [0.1, 0.15) is 0 Å². The van der Waals surface area contributed by atoms with Crippen molar-refractivity contribution in [3.8, 4) is 0 Å². The zero-order chi connectivity index (χ0) is 14.4. The number of thiophene rings is 1. The van der Waals surface area contributed by atoms with Crippen molar-refractivity contribution >= 4 is 23.0 Å². The minimum absolute atomic E-state index is 0.0178. The fraction of sp³-hybridized carbons (Fsp3) is 0.267. The van der Waals surface area contributed by atoms with Gasteiger partial charge in [-0.2, -0.15) is 0 Å². The molecule has 0 radical (unpaired) electrons. The van der Waals surface area contributed by atoms with Crippen LogP contribution in [0.5, 0.6) is 0 Å². The molecule has 1 atom stereocenters. The van der Waals surface area contributed by atoms with Gasteiger partial charge in [-0.15, -0.1) is 11.3 Å². The smallest absolute Gasteiger partial charge is 0.220 e. The molecule has 20 heavy (non-hydrogen) atoms. The Hall–Kier alpha value is -2.01. The first-order chi connectivity index (χ1) is 9.66. The van der Waals surface area contributed by atoms with E-state index in [9.17, 15) is 9.59 Å². The van der Waals surface area contributed by atoms with Crippen LogP contribution in [0.2, 0.25) is 0 Å². The molecule has 0 aromatic carbocycles. The highest BCUT2D eigenvalue weighted by molar-refractivity contribution is 7.12. The average molecular weight is 288 g/mol. The van der Waals surface area contributed by atoms with Crippen LogP contribution in [-0.2, 0) is 4.79 Å². The molecule has 2 aromatic rings. The van der Waals surface area contributed by atoms with Crippen molar-refractivity contribution in [2.24, 2.45) is 0 Å². The topological polar surface area (TPSA) is 59.1 Å². The highest BCUT2D eigenvalue weighted by Crippen LogP contribution is 2.13. The fourth-order valence-electron chi connectivity index (χ4n) is 1.82. The van der Waals surface area contributed by atoms with Crippen LogP contribution in [0.15, 0.2) is 42.0 Å². The monoisotopic (exact) mass is 288 g/mol. The molecule has 0 aliphatic heterocycles. The van der Waals surface area contributed by atoms with Gasteiger partial charge in [0.05, 0.1) is 10.9 Å². The lowest BCUT2D eigenvalue weighted by Gasteiger charge is -2.13. The van der Waals surface area contributed by atoms with Crippen molar-refractivity contribution in [3.63, 3.8) is 0 Å². The van der Waals surface area contributed by atoms with Gasteiger partial charge >= 0.3 is 0 Å². The lowest BCUT2D eigenvalue weighted by Crippen LogP contribution is -2.26. The van der Waals surface area contributed by atoms with E-state index in [1.54, 1.807) is 18.5 Å². The molecule has 0 fully saturated rings. The van der Waals surface area contributed by atoms with Gasteiger partial charge in [0.25, 0.3) is 0 Å². The Balaban J connectivity index is 1.80. The zero-order valence-corrected chi connectivity index (χ0v) is 12.0. The molecular weight excluding hydrogens is 272 g/mol. The van der Waals surface area contributed by atoms with Gasteiger partial charge in [-0.05, 0) is 30.0 Å². The summed E-state index contributed by atoms with van der Waals surface area (Å²) in [5.74, 6) is -0.101. The molecule has 1 unspecified atom stereocenters. The standard InChI is InChI=1S/C15H16N2O2S/c1-11(12-4-2-8-16-10-12)17-15(19)7-6-13(18)14-5-3-9-20-14/h2-5,8-11H,6-7H2,1H3,(H,17,19). The van der Waals surface area contributed by atoms with Crippen molar-refractivity contribution in [1.29, 1.82) is 0 Å². The van der Waals surface area contributed by atoms with Crippen LogP contribution in [0.25, 0.3) is 0 Å². The minimum Gasteiger partial charge on any atom is -0.350 e. The van der Waals surface area contributed by atoms with Gasteiger partial charge in [-0.25, -0.2) is 0 Å². The molecule has 5 heteroatoms. The summed E-state index contributed by atoms with van der Waals surface area (Å²) in [5, 5.41) is 4.73. The number of rotatable bonds is 6. The first-order valence-electron chi connectivity index (χ1n) is 6.43.